The number of hydrogen-bond donors (Lipinski definition) is 0. The third-order valence-electron chi connectivity index (χ3n) is 2.08. The van der Waals surface area contributed by atoms with Crippen LogP contribution in [0.2, 0.25) is 0 Å². The van der Waals surface area contributed by atoms with Gasteiger partial charge in [0.05, 0.1) is 21.1 Å². The van der Waals surface area contributed by atoms with Crippen LogP contribution in [0, 0.1) is 24.4 Å². The standard InChI is InChI=1S/C10H13F3N.H2O/c1-6-9(12)7(11)5-8(10(6)13)14(2,3)4;/h5H,1-4H3;1H2/q+1;/p-1. The molecule has 0 spiro atoms. The van der Waals surface area contributed by atoms with Gasteiger partial charge in [0.25, 0.3) is 0 Å². The lowest BCUT2D eigenvalue weighted by Gasteiger charge is -2.24. The Balaban J connectivity index is 0.00000196. The summed E-state index contributed by atoms with van der Waals surface area (Å²) in [5.41, 5.74) is -0.130. The number of hydrogen-bond acceptors (Lipinski definition) is 1. The second-order valence-corrected chi connectivity index (χ2v) is 4.14. The minimum Gasteiger partial charge on any atom is -0.870 e. The molecule has 0 radical (unpaired) electrons. The van der Waals surface area contributed by atoms with E-state index in [-0.39, 0.29) is 21.2 Å². The van der Waals surface area contributed by atoms with Gasteiger partial charge in [-0.3, -0.25) is 4.48 Å². The number of halogens is 3. The summed E-state index contributed by atoms with van der Waals surface area (Å²) in [6.45, 7) is 1.23. The molecule has 0 saturated carbocycles. The van der Waals surface area contributed by atoms with Crippen LogP contribution in [-0.2, 0) is 0 Å². The van der Waals surface area contributed by atoms with Crippen LogP contribution in [0.1, 0.15) is 5.56 Å². The first-order chi connectivity index (χ1) is 6.25. The van der Waals surface area contributed by atoms with Gasteiger partial charge in [0.1, 0.15) is 0 Å². The van der Waals surface area contributed by atoms with Crippen molar-refractivity contribution in [3.05, 3.63) is 29.1 Å². The highest BCUT2D eigenvalue weighted by atomic mass is 19.2. The molecule has 1 aromatic carbocycles. The summed E-state index contributed by atoms with van der Waals surface area (Å²) < 4.78 is 39.6. The molecule has 1 N–H and O–H groups in total. The summed E-state index contributed by atoms with van der Waals surface area (Å²) in [7, 11) is 5.07. The van der Waals surface area contributed by atoms with Crippen molar-refractivity contribution in [2.75, 3.05) is 21.1 Å². The summed E-state index contributed by atoms with van der Waals surface area (Å²) >= 11 is 0. The van der Waals surface area contributed by atoms with E-state index in [2.05, 4.69) is 0 Å². The highest BCUT2D eigenvalue weighted by Crippen LogP contribution is 2.27. The highest BCUT2D eigenvalue weighted by Gasteiger charge is 2.24. The van der Waals surface area contributed by atoms with Gasteiger partial charge in [-0.15, -0.1) is 0 Å². The monoisotopic (exact) mass is 221 g/mol. The van der Waals surface area contributed by atoms with Crippen molar-refractivity contribution in [1.82, 2.24) is 4.48 Å². The summed E-state index contributed by atoms with van der Waals surface area (Å²) in [5, 5.41) is 0. The van der Waals surface area contributed by atoms with E-state index in [0.29, 0.717) is 0 Å². The molecule has 1 aromatic rings. The molecule has 0 amide bonds. The molecule has 0 atom stereocenters. The van der Waals surface area contributed by atoms with Gasteiger partial charge in [-0.2, -0.15) is 4.39 Å². The molecule has 0 saturated heterocycles. The van der Waals surface area contributed by atoms with E-state index in [9.17, 15) is 13.2 Å². The van der Waals surface area contributed by atoms with Crippen LogP contribution in [0.5, 0.6) is 0 Å². The van der Waals surface area contributed by atoms with E-state index in [4.69, 9.17) is 0 Å². The maximum atomic E-state index is 13.5. The molecule has 15 heavy (non-hydrogen) atoms. The second kappa shape index (κ2) is 4.20. The van der Waals surface area contributed by atoms with E-state index in [1.165, 1.54) is 6.92 Å². The lowest BCUT2D eigenvalue weighted by atomic mass is 10.1. The Bertz CT molecular complexity index is 372. The lowest BCUT2D eigenvalue weighted by Crippen LogP contribution is -2.36. The van der Waals surface area contributed by atoms with Crippen molar-refractivity contribution < 1.29 is 18.6 Å². The molecule has 0 aliphatic carbocycles. The Morgan fingerprint density at radius 3 is 1.87 bits per heavy atom. The number of rotatable bonds is 1. The zero-order valence-corrected chi connectivity index (χ0v) is 9.11. The van der Waals surface area contributed by atoms with Gasteiger partial charge in [0, 0.05) is 11.6 Å². The van der Waals surface area contributed by atoms with Crippen LogP contribution in [0.25, 0.3) is 0 Å². The number of benzene rings is 1. The molecule has 2 nitrogen and oxygen atoms in total. The van der Waals surface area contributed by atoms with Gasteiger partial charge >= 0.3 is 0 Å². The Hall–Kier alpha value is -1.07. The van der Waals surface area contributed by atoms with E-state index >= 15 is 0 Å². The van der Waals surface area contributed by atoms with E-state index in [1.54, 1.807) is 21.1 Å². The summed E-state index contributed by atoms with van der Waals surface area (Å²) in [6.07, 6.45) is 0. The van der Waals surface area contributed by atoms with Crippen molar-refractivity contribution in [2.24, 2.45) is 0 Å². The zero-order valence-electron chi connectivity index (χ0n) is 9.11. The minimum atomic E-state index is -1.11. The molecule has 0 aromatic heterocycles. The fourth-order valence-electron chi connectivity index (χ4n) is 1.20. The van der Waals surface area contributed by atoms with Gasteiger partial charge in [0.2, 0.25) is 0 Å². The van der Waals surface area contributed by atoms with Gasteiger partial charge in [0.15, 0.2) is 23.1 Å². The molecule has 0 aliphatic rings. The van der Waals surface area contributed by atoms with Crippen LogP contribution in [0.15, 0.2) is 6.07 Å². The first-order valence-electron chi connectivity index (χ1n) is 4.21. The summed E-state index contributed by atoms with van der Waals surface area (Å²) in [4.78, 5) is 0. The normalized spacial score (nSPS) is 11.1. The van der Waals surface area contributed by atoms with Crippen LogP contribution in [0.4, 0.5) is 18.9 Å². The molecular weight excluding hydrogens is 207 g/mol. The predicted molar refractivity (Wildman–Crippen MR) is 52.6 cm³/mol. The van der Waals surface area contributed by atoms with Crippen molar-refractivity contribution in [3.8, 4) is 0 Å². The topological polar surface area (TPSA) is 30.0 Å². The second-order valence-electron chi connectivity index (χ2n) is 4.14. The Labute approximate surface area is 86.8 Å². The van der Waals surface area contributed by atoms with Crippen molar-refractivity contribution in [2.45, 2.75) is 6.92 Å². The van der Waals surface area contributed by atoms with E-state index in [0.717, 1.165) is 6.07 Å². The van der Waals surface area contributed by atoms with Crippen LogP contribution < -0.4 is 4.48 Å². The Morgan fingerprint density at radius 2 is 1.47 bits per heavy atom. The lowest BCUT2D eigenvalue weighted by molar-refractivity contribution is 0.433. The molecule has 5 heteroatoms. The van der Waals surface area contributed by atoms with Crippen LogP contribution in [0.3, 0.4) is 0 Å². The smallest absolute Gasteiger partial charge is 0.189 e. The first-order valence-corrected chi connectivity index (χ1v) is 4.21. The van der Waals surface area contributed by atoms with E-state index < -0.39 is 17.5 Å². The van der Waals surface area contributed by atoms with Gasteiger partial charge in [-0.1, -0.05) is 0 Å². The summed E-state index contributed by atoms with van der Waals surface area (Å²) in [6, 6.07) is 0.900. The van der Waals surface area contributed by atoms with Crippen LogP contribution >= 0.6 is 0 Å². The number of nitrogens with zero attached hydrogens (tertiary/aromatic N) is 1. The van der Waals surface area contributed by atoms with Crippen LogP contribution in [-0.4, -0.2) is 26.6 Å². The predicted octanol–water partition coefficient (Wildman–Crippen LogP) is 2.43. The average molecular weight is 221 g/mol. The Morgan fingerprint density at radius 1 is 1.00 bits per heavy atom. The van der Waals surface area contributed by atoms with Crippen molar-refractivity contribution >= 4 is 5.69 Å². The van der Waals surface area contributed by atoms with Gasteiger partial charge in [-0.25, -0.2) is 8.78 Å². The van der Waals surface area contributed by atoms with Gasteiger partial charge in [-0.05, 0) is 6.92 Å². The molecule has 0 fully saturated rings. The minimum absolute atomic E-state index is 0. The van der Waals surface area contributed by atoms with E-state index in [1.807, 2.05) is 0 Å². The van der Waals surface area contributed by atoms with Crippen molar-refractivity contribution in [3.63, 3.8) is 0 Å². The molecule has 0 bridgehead atoms. The maximum Gasteiger partial charge on any atom is 0.189 e. The molecular formula is C10H14F3NO. The quantitative estimate of drug-likeness (QED) is 0.529. The third-order valence-corrected chi connectivity index (χ3v) is 2.08. The highest BCUT2D eigenvalue weighted by molar-refractivity contribution is 5.46. The summed E-state index contributed by atoms with van der Waals surface area (Å²) in [5.74, 6) is -2.80. The average Bonchev–Trinajstić information content (AvgIpc) is 2.06. The fourth-order valence-corrected chi connectivity index (χ4v) is 1.20. The maximum absolute atomic E-state index is 13.5. The molecule has 0 aliphatic heterocycles. The molecule has 0 unspecified atom stereocenters. The first kappa shape index (κ1) is 13.9. The zero-order chi connectivity index (χ0) is 11.1. The number of quaternary nitrogens is 1. The third kappa shape index (κ3) is 2.49. The molecule has 1 rings (SSSR count). The van der Waals surface area contributed by atoms with Crippen molar-refractivity contribution in [1.29, 1.82) is 0 Å². The fraction of sp³-hybridized carbons (Fsp3) is 0.400. The molecule has 86 valence electrons. The largest absolute Gasteiger partial charge is 0.870 e. The SMILES string of the molecule is Cc1c(F)c(F)cc([N+](C)(C)C)c1F.[OH-]. The Kier molecular flexibility index (Phi) is 3.90. The molecule has 0 heterocycles. The van der Waals surface area contributed by atoms with Gasteiger partial charge < -0.3 is 5.48 Å².